The van der Waals surface area contributed by atoms with Crippen LogP contribution in [0.4, 0.5) is 13.2 Å². The summed E-state index contributed by atoms with van der Waals surface area (Å²) in [5, 5.41) is 0. The SMILES string of the molecule is Cc1cc(CCl)sc1-c1ccc(C(F)(F)F)cc1. The van der Waals surface area contributed by atoms with Gasteiger partial charge in [-0.15, -0.1) is 22.9 Å². The van der Waals surface area contributed by atoms with Crippen molar-refractivity contribution in [3.8, 4) is 10.4 Å². The molecule has 0 aliphatic rings. The van der Waals surface area contributed by atoms with Crippen molar-refractivity contribution < 1.29 is 13.2 Å². The van der Waals surface area contributed by atoms with Crippen LogP contribution in [0.3, 0.4) is 0 Å². The molecule has 0 aliphatic heterocycles. The molecule has 18 heavy (non-hydrogen) atoms. The fourth-order valence-electron chi connectivity index (χ4n) is 1.71. The van der Waals surface area contributed by atoms with Gasteiger partial charge >= 0.3 is 6.18 Å². The van der Waals surface area contributed by atoms with Crippen LogP contribution in [0.25, 0.3) is 10.4 Å². The molecule has 0 atom stereocenters. The van der Waals surface area contributed by atoms with E-state index < -0.39 is 11.7 Å². The summed E-state index contributed by atoms with van der Waals surface area (Å²) >= 11 is 7.26. The first kappa shape index (κ1) is 13.4. The Morgan fingerprint density at radius 3 is 2.22 bits per heavy atom. The van der Waals surface area contributed by atoms with E-state index >= 15 is 0 Å². The van der Waals surface area contributed by atoms with Gasteiger partial charge in [0.15, 0.2) is 0 Å². The minimum absolute atomic E-state index is 0.423. The Balaban J connectivity index is 2.37. The molecule has 1 aromatic heterocycles. The van der Waals surface area contributed by atoms with E-state index in [4.69, 9.17) is 11.6 Å². The summed E-state index contributed by atoms with van der Waals surface area (Å²) in [4.78, 5) is 1.99. The fourth-order valence-corrected chi connectivity index (χ4v) is 2.98. The van der Waals surface area contributed by atoms with Crippen LogP contribution in [0, 0.1) is 6.92 Å². The van der Waals surface area contributed by atoms with Gasteiger partial charge in [0.2, 0.25) is 0 Å². The van der Waals surface area contributed by atoms with Crippen molar-refractivity contribution in [2.75, 3.05) is 0 Å². The van der Waals surface area contributed by atoms with Crippen LogP contribution < -0.4 is 0 Å². The molecule has 0 saturated heterocycles. The van der Waals surface area contributed by atoms with Gasteiger partial charge in [-0.2, -0.15) is 13.2 Å². The second-order valence-electron chi connectivity index (χ2n) is 3.93. The van der Waals surface area contributed by atoms with Crippen LogP contribution in [0.5, 0.6) is 0 Å². The number of hydrogen-bond donors (Lipinski definition) is 0. The molecule has 5 heteroatoms. The third-order valence-corrected chi connectivity index (χ3v) is 4.31. The highest BCUT2D eigenvalue weighted by molar-refractivity contribution is 7.15. The topological polar surface area (TPSA) is 0 Å². The molecule has 1 heterocycles. The summed E-state index contributed by atoms with van der Waals surface area (Å²) in [6.07, 6.45) is -4.29. The molecule has 0 nitrogen and oxygen atoms in total. The van der Waals surface area contributed by atoms with Gasteiger partial charge in [-0.25, -0.2) is 0 Å². The first-order chi connectivity index (χ1) is 8.41. The normalized spacial score (nSPS) is 11.8. The quantitative estimate of drug-likeness (QED) is 0.642. The van der Waals surface area contributed by atoms with Gasteiger partial charge in [-0.3, -0.25) is 0 Å². The van der Waals surface area contributed by atoms with Crippen molar-refractivity contribution >= 4 is 22.9 Å². The van der Waals surface area contributed by atoms with Gasteiger partial charge in [0.05, 0.1) is 11.4 Å². The standard InChI is InChI=1S/C13H10ClF3S/c1-8-6-11(7-14)18-12(8)9-2-4-10(5-3-9)13(15,16)17/h2-6H,7H2,1H3. The number of benzene rings is 1. The number of alkyl halides is 4. The maximum Gasteiger partial charge on any atom is 0.416 e. The molecule has 0 spiro atoms. The summed E-state index contributed by atoms with van der Waals surface area (Å²) in [7, 11) is 0. The molecule has 0 unspecified atom stereocenters. The Kier molecular flexibility index (Phi) is 3.69. The molecular formula is C13H10ClF3S. The highest BCUT2D eigenvalue weighted by Crippen LogP contribution is 2.35. The van der Waals surface area contributed by atoms with Gasteiger partial charge in [-0.1, -0.05) is 12.1 Å². The minimum Gasteiger partial charge on any atom is -0.166 e. The molecule has 0 N–H and O–H groups in total. The first-order valence-electron chi connectivity index (χ1n) is 5.24. The molecule has 0 aliphatic carbocycles. The lowest BCUT2D eigenvalue weighted by molar-refractivity contribution is -0.137. The van der Waals surface area contributed by atoms with E-state index in [0.29, 0.717) is 5.88 Å². The van der Waals surface area contributed by atoms with E-state index in [9.17, 15) is 13.2 Å². The molecule has 0 amide bonds. The number of rotatable bonds is 2. The van der Waals surface area contributed by atoms with Crippen LogP contribution in [-0.2, 0) is 12.1 Å². The highest BCUT2D eigenvalue weighted by atomic mass is 35.5. The maximum atomic E-state index is 12.4. The number of halogens is 4. The summed E-state index contributed by atoms with van der Waals surface area (Å²) in [5.74, 6) is 0.423. The van der Waals surface area contributed by atoms with Crippen LogP contribution in [-0.4, -0.2) is 0 Å². The number of aryl methyl sites for hydroxylation is 1. The van der Waals surface area contributed by atoms with Crippen molar-refractivity contribution in [2.24, 2.45) is 0 Å². The molecule has 0 fully saturated rings. The van der Waals surface area contributed by atoms with Crippen LogP contribution in [0.15, 0.2) is 30.3 Å². The molecule has 2 aromatic rings. The number of thiophene rings is 1. The predicted molar refractivity (Wildman–Crippen MR) is 69.1 cm³/mol. The maximum absolute atomic E-state index is 12.4. The van der Waals surface area contributed by atoms with Gasteiger partial charge in [0, 0.05) is 9.75 Å². The minimum atomic E-state index is -4.29. The third-order valence-electron chi connectivity index (χ3n) is 2.57. The average Bonchev–Trinajstić information content (AvgIpc) is 2.70. The van der Waals surface area contributed by atoms with E-state index in [1.54, 1.807) is 0 Å². The van der Waals surface area contributed by atoms with Crippen molar-refractivity contribution in [3.63, 3.8) is 0 Å². The number of hydrogen-bond acceptors (Lipinski definition) is 1. The molecule has 96 valence electrons. The third kappa shape index (κ3) is 2.70. The van der Waals surface area contributed by atoms with E-state index in [1.165, 1.54) is 23.5 Å². The summed E-state index contributed by atoms with van der Waals surface area (Å²) in [6, 6.07) is 7.17. The zero-order valence-corrected chi connectivity index (χ0v) is 11.1. The van der Waals surface area contributed by atoms with Gasteiger partial charge in [-0.05, 0) is 36.2 Å². The van der Waals surface area contributed by atoms with Crippen LogP contribution >= 0.6 is 22.9 Å². The highest BCUT2D eigenvalue weighted by Gasteiger charge is 2.30. The first-order valence-corrected chi connectivity index (χ1v) is 6.60. The average molecular weight is 291 g/mol. The predicted octanol–water partition coefficient (Wildman–Crippen LogP) is 5.48. The Morgan fingerprint density at radius 1 is 1.17 bits per heavy atom. The van der Waals surface area contributed by atoms with Gasteiger partial charge in [0.25, 0.3) is 0 Å². The molecule has 0 radical (unpaired) electrons. The fraction of sp³-hybridized carbons (Fsp3) is 0.231. The zero-order chi connectivity index (χ0) is 13.3. The Bertz CT molecular complexity index is 540. The second-order valence-corrected chi connectivity index (χ2v) is 5.34. The van der Waals surface area contributed by atoms with Crippen molar-refractivity contribution in [1.29, 1.82) is 0 Å². The van der Waals surface area contributed by atoms with Crippen molar-refractivity contribution in [2.45, 2.75) is 19.0 Å². The van der Waals surface area contributed by atoms with E-state index in [-0.39, 0.29) is 0 Å². The van der Waals surface area contributed by atoms with Gasteiger partial charge in [0.1, 0.15) is 0 Å². The summed E-state index contributed by atoms with van der Waals surface area (Å²) < 4.78 is 37.3. The Labute approximate surface area is 112 Å². The zero-order valence-electron chi connectivity index (χ0n) is 9.51. The summed E-state index contributed by atoms with van der Waals surface area (Å²) in [5.41, 5.74) is 1.20. The smallest absolute Gasteiger partial charge is 0.166 e. The molecule has 1 aromatic carbocycles. The largest absolute Gasteiger partial charge is 0.416 e. The van der Waals surface area contributed by atoms with E-state index in [2.05, 4.69) is 0 Å². The summed E-state index contributed by atoms with van der Waals surface area (Å²) in [6.45, 7) is 1.93. The Hall–Kier alpha value is -1.00. The van der Waals surface area contributed by atoms with E-state index in [0.717, 1.165) is 33.0 Å². The lowest BCUT2D eigenvalue weighted by atomic mass is 10.1. The molecule has 0 bridgehead atoms. The van der Waals surface area contributed by atoms with Crippen LogP contribution in [0.1, 0.15) is 16.0 Å². The van der Waals surface area contributed by atoms with E-state index in [1.807, 2.05) is 13.0 Å². The molecule has 2 rings (SSSR count). The van der Waals surface area contributed by atoms with Crippen LogP contribution in [0.2, 0.25) is 0 Å². The molecular weight excluding hydrogens is 281 g/mol. The lowest BCUT2D eigenvalue weighted by Crippen LogP contribution is -2.03. The second kappa shape index (κ2) is 4.94. The van der Waals surface area contributed by atoms with Crippen molar-refractivity contribution in [3.05, 3.63) is 46.3 Å². The van der Waals surface area contributed by atoms with Gasteiger partial charge < -0.3 is 0 Å². The molecule has 0 saturated carbocycles. The van der Waals surface area contributed by atoms with Crippen molar-refractivity contribution in [1.82, 2.24) is 0 Å². The monoisotopic (exact) mass is 290 g/mol. The Morgan fingerprint density at radius 2 is 1.78 bits per heavy atom. The lowest BCUT2D eigenvalue weighted by Gasteiger charge is -2.07.